The zero-order valence-electron chi connectivity index (χ0n) is 11.5. The van der Waals surface area contributed by atoms with Crippen LogP contribution in [0, 0.1) is 17.6 Å². The second-order valence-corrected chi connectivity index (χ2v) is 4.78. The fraction of sp³-hybridized carbons (Fsp3) is 0.600. The Kier molecular flexibility index (Phi) is 6.27. The molecule has 0 saturated heterocycles. The quantitative estimate of drug-likeness (QED) is 0.759. The third kappa shape index (κ3) is 4.05. The molecular weight excluding hydrogens is 232 g/mol. The summed E-state index contributed by atoms with van der Waals surface area (Å²) in [4.78, 5) is 0. The van der Waals surface area contributed by atoms with Crippen LogP contribution in [-0.2, 0) is 0 Å². The summed E-state index contributed by atoms with van der Waals surface area (Å²) >= 11 is 0. The molecule has 1 N–H and O–H groups in total. The third-order valence-electron chi connectivity index (χ3n) is 3.48. The van der Waals surface area contributed by atoms with Gasteiger partial charge in [-0.15, -0.1) is 0 Å². The minimum atomic E-state index is -0.504. The fourth-order valence-electron chi connectivity index (χ4n) is 2.50. The molecule has 3 heteroatoms. The molecule has 1 aromatic rings. The van der Waals surface area contributed by atoms with Crippen molar-refractivity contribution in [3.63, 3.8) is 0 Å². The van der Waals surface area contributed by atoms with E-state index in [0.717, 1.165) is 31.7 Å². The van der Waals surface area contributed by atoms with Crippen LogP contribution in [0.4, 0.5) is 8.78 Å². The van der Waals surface area contributed by atoms with Crippen LogP contribution in [0.2, 0.25) is 0 Å². The van der Waals surface area contributed by atoms with Crippen LogP contribution >= 0.6 is 0 Å². The largest absolute Gasteiger partial charge is 0.313 e. The van der Waals surface area contributed by atoms with Gasteiger partial charge in [-0.1, -0.05) is 33.1 Å². The van der Waals surface area contributed by atoms with E-state index in [1.807, 2.05) is 7.05 Å². The van der Waals surface area contributed by atoms with Crippen molar-refractivity contribution < 1.29 is 8.78 Å². The van der Waals surface area contributed by atoms with Gasteiger partial charge in [0.1, 0.15) is 11.6 Å². The van der Waals surface area contributed by atoms with Gasteiger partial charge in [0.15, 0.2) is 0 Å². The van der Waals surface area contributed by atoms with Crippen molar-refractivity contribution in [3.8, 4) is 0 Å². The van der Waals surface area contributed by atoms with Gasteiger partial charge in [0.05, 0.1) is 0 Å². The summed E-state index contributed by atoms with van der Waals surface area (Å²) in [5.41, 5.74) is 0.706. The summed E-state index contributed by atoms with van der Waals surface area (Å²) in [6.07, 6.45) is 4.37. The van der Waals surface area contributed by atoms with E-state index in [9.17, 15) is 8.78 Å². The van der Waals surface area contributed by atoms with Crippen molar-refractivity contribution in [1.29, 1.82) is 0 Å². The topological polar surface area (TPSA) is 12.0 Å². The highest BCUT2D eigenvalue weighted by molar-refractivity contribution is 5.22. The number of hydrogen-bond acceptors (Lipinski definition) is 1. The van der Waals surface area contributed by atoms with E-state index in [0.29, 0.717) is 11.5 Å². The number of halogens is 2. The van der Waals surface area contributed by atoms with E-state index in [-0.39, 0.29) is 6.04 Å². The molecule has 0 radical (unpaired) electrons. The molecule has 2 unspecified atom stereocenters. The SMILES string of the molecule is CCCCC(CC)C(NC)c1cc(F)cc(F)c1. The first-order chi connectivity index (χ1) is 8.62. The van der Waals surface area contributed by atoms with Crippen LogP contribution < -0.4 is 5.32 Å². The summed E-state index contributed by atoms with van der Waals surface area (Å²) in [7, 11) is 1.85. The van der Waals surface area contributed by atoms with Crippen molar-refractivity contribution in [3.05, 3.63) is 35.4 Å². The van der Waals surface area contributed by atoms with E-state index < -0.39 is 11.6 Å². The summed E-state index contributed by atoms with van der Waals surface area (Å²) < 4.78 is 26.6. The van der Waals surface area contributed by atoms with Gasteiger partial charge in [0.2, 0.25) is 0 Å². The Morgan fingerprint density at radius 1 is 1.11 bits per heavy atom. The van der Waals surface area contributed by atoms with Crippen LogP contribution in [0.3, 0.4) is 0 Å². The second-order valence-electron chi connectivity index (χ2n) is 4.78. The van der Waals surface area contributed by atoms with Gasteiger partial charge in [-0.05, 0) is 37.1 Å². The van der Waals surface area contributed by atoms with Crippen LogP contribution in [0.25, 0.3) is 0 Å². The van der Waals surface area contributed by atoms with Gasteiger partial charge in [0.25, 0.3) is 0 Å². The molecule has 1 rings (SSSR count). The maximum Gasteiger partial charge on any atom is 0.126 e. The molecule has 0 spiro atoms. The molecule has 18 heavy (non-hydrogen) atoms. The van der Waals surface area contributed by atoms with Crippen molar-refractivity contribution >= 4 is 0 Å². The number of benzene rings is 1. The second kappa shape index (κ2) is 7.47. The van der Waals surface area contributed by atoms with Crippen LogP contribution in [0.5, 0.6) is 0 Å². The Labute approximate surface area is 109 Å². The van der Waals surface area contributed by atoms with Gasteiger partial charge in [0, 0.05) is 12.1 Å². The Bertz CT molecular complexity index is 345. The van der Waals surface area contributed by atoms with Crippen molar-refractivity contribution in [1.82, 2.24) is 5.32 Å². The minimum absolute atomic E-state index is 0.0201. The first-order valence-electron chi connectivity index (χ1n) is 6.75. The highest BCUT2D eigenvalue weighted by Gasteiger charge is 2.20. The Balaban J connectivity index is 2.91. The van der Waals surface area contributed by atoms with Crippen molar-refractivity contribution in [2.75, 3.05) is 7.05 Å². The standard InChI is InChI=1S/C15H23F2N/c1-4-6-7-11(5-2)15(18-3)12-8-13(16)10-14(17)9-12/h8-11,15,18H,4-7H2,1-3H3. The molecule has 2 atom stereocenters. The normalized spacial score (nSPS) is 14.5. The average molecular weight is 255 g/mol. The van der Waals surface area contributed by atoms with E-state index in [2.05, 4.69) is 19.2 Å². The zero-order valence-corrected chi connectivity index (χ0v) is 11.5. The minimum Gasteiger partial charge on any atom is -0.313 e. The zero-order chi connectivity index (χ0) is 13.5. The molecule has 0 heterocycles. The van der Waals surface area contributed by atoms with Crippen LogP contribution in [0.1, 0.15) is 51.1 Å². The third-order valence-corrected chi connectivity index (χ3v) is 3.48. The molecule has 0 bridgehead atoms. The number of rotatable bonds is 7. The smallest absolute Gasteiger partial charge is 0.126 e. The summed E-state index contributed by atoms with van der Waals surface area (Å²) in [6, 6.07) is 3.80. The summed E-state index contributed by atoms with van der Waals surface area (Å²) in [6.45, 7) is 4.28. The molecule has 1 aromatic carbocycles. The first kappa shape index (κ1) is 15.1. The van der Waals surface area contributed by atoms with Crippen molar-refractivity contribution in [2.24, 2.45) is 5.92 Å². The Hall–Kier alpha value is -0.960. The average Bonchev–Trinajstić information content (AvgIpc) is 2.33. The predicted octanol–water partition coefficient (Wildman–Crippen LogP) is 4.44. The number of nitrogens with one attached hydrogen (secondary N) is 1. The van der Waals surface area contributed by atoms with E-state index in [1.54, 1.807) is 0 Å². The van der Waals surface area contributed by atoms with E-state index >= 15 is 0 Å². The molecule has 0 fully saturated rings. The molecule has 102 valence electrons. The van der Waals surface area contributed by atoms with E-state index in [4.69, 9.17) is 0 Å². The number of hydrogen-bond donors (Lipinski definition) is 1. The molecule has 0 aliphatic heterocycles. The highest BCUT2D eigenvalue weighted by Crippen LogP contribution is 2.29. The van der Waals surface area contributed by atoms with Crippen molar-refractivity contribution in [2.45, 2.75) is 45.6 Å². The summed E-state index contributed by atoms with van der Waals surface area (Å²) in [5, 5.41) is 3.20. The fourth-order valence-corrected chi connectivity index (χ4v) is 2.50. The maximum atomic E-state index is 13.3. The Morgan fingerprint density at radius 2 is 1.72 bits per heavy atom. The first-order valence-corrected chi connectivity index (χ1v) is 6.75. The summed E-state index contributed by atoms with van der Waals surface area (Å²) in [5.74, 6) is -0.595. The molecule has 0 saturated carbocycles. The Morgan fingerprint density at radius 3 is 2.17 bits per heavy atom. The van der Waals surface area contributed by atoms with E-state index in [1.165, 1.54) is 12.1 Å². The van der Waals surface area contributed by atoms with Gasteiger partial charge >= 0.3 is 0 Å². The van der Waals surface area contributed by atoms with Gasteiger partial charge < -0.3 is 5.32 Å². The van der Waals surface area contributed by atoms with Gasteiger partial charge in [-0.3, -0.25) is 0 Å². The molecule has 1 nitrogen and oxygen atoms in total. The maximum absolute atomic E-state index is 13.3. The monoisotopic (exact) mass is 255 g/mol. The van der Waals surface area contributed by atoms with Crippen LogP contribution in [-0.4, -0.2) is 7.05 Å². The lowest BCUT2D eigenvalue weighted by Crippen LogP contribution is -2.25. The molecule has 0 aliphatic carbocycles. The highest BCUT2D eigenvalue weighted by atomic mass is 19.1. The van der Waals surface area contributed by atoms with Gasteiger partial charge in [-0.2, -0.15) is 0 Å². The lowest BCUT2D eigenvalue weighted by atomic mass is 9.87. The predicted molar refractivity (Wildman–Crippen MR) is 71.5 cm³/mol. The molecule has 0 amide bonds. The number of unbranched alkanes of at least 4 members (excludes halogenated alkanes) is 1. The van der Waals surface area contributed by atoms with Crippen LogP contribution in [0.15, 0.2) is 18.2 Å². The lowest BCUT2D eigenvalue weighted by molar-refractivity contribution is 0.337. The lowest BCUT2D eigenvalue weighted by Gasteiger charge is -2.26. The van der Waals surface area contributed by atoms with Gasteiger partial charge in [-0.25, -0.2) is 8.78 Å². The molecule has 0 aliphatic rings. The molecular formula is C15H23F2N. The molecule has 0 aromatic heterocycles.